The van der Waals surface area contributed by atoms with Gasteiger partial charge in [-0.2, -0.15) is 26.3 Å². The average Bonchev–Trinajstić information content (AvgIpc) is 2.13. The van der Waals surface area contributed by atoms with E-state index in [-0.39, 0.29) is 0 Å². The molecule has 0 aromatic heterocycles. The van der Waals surface area contributed by atoms with Crippen molar-refractivity contribution in [3.63, 3.8) is 0 Å². The third kappa shape index (κ3) is 3.21. The van der Waals surface area contributed by atoms with E-state index in [0.29, 0.717) is 14.2 Å². The van der Waals surface area contributed by atoms with E-state index in [2.05, 4.69) is 9.47 Å². The van der Waals surface area contributed by atoms with E-state index in [0.717, 1.165) is 0 Å². The molecule has 0 aliphatic carbocycles. The lowest BCUT2D eigenvalue weighted by Gasteiger charge is -2.36. The van der Waals surface area contributed by atoms with Crippen molar-refractivity contribution >= 4 is 0 Å². The molecular formula is C7H10F6O4. The molecule has 0 heterocycles. The molecule has 0 aromatic carbocycles. The van der Waals surface area contributed by atoms with Crippen molar-refractivity contribution in [2.75, 3.05) is 14.2 Å². The van der Waals surface area contributed by atoms with Gasteiger partial charge in [0.2, 0.25) is 0 Å². The van der Waals surface area contributed by atoms with Gasteiger partial charge in [-0.15, -0.1) is 0 Å². The van der Waals surface area contributed by atoms with Gasteiger partial charge in [0.1, 0.15) is 0 Å². The van der Waals surface area contributed by atoms with Gasteiger partial charge in [-0.3, -0.25) is 0 Å². The molecule has 0 saturated heterocycles. The van der Waals surface area contributed by atoms with Gasteiger partial charge in [0.15, 0.2) is 0 Å². The third-order valence-corrected chi connectivity index (χ3v) is 2.04. The van der Waals surface area contributed by atoms with Gasteiger partial charge in [0.25, 0.3) is 11.6 Å². The van der Waals surface area contributed by atoms with E-state index in [1.54, 1.807) is 0 Å². The monoisotopic (exact) mass is 272 g/mol. The van der Waals surface area contributed by atoms with Gasteiger partial charge in [-0.05, 0) is 0 Å². The Morgan fingerprint density at radius 2 is 1.00 bits per heavy atom. The minimum absolute atomic E-state index is 0.347. The normalized spacial score (nSPS) is 20.8. The van der Waals surface area contributed by atoms with Crippen LogP contribution in [-0.4, -0.2) is 48.4 Å². The number of halogens is 6. The Kier molecular flexibility index (Phi) is 4.44. The summed E-state index contributed by atoms with van der Waals surface area (Å²) in [5.74, 6) is -8.35. The molecule has 0 radical (unpaired) electrons. The van der Waals surface area contributed by atoms with Gasteiger partial charge < -0.3 is 19.7 Å². The summed E-state index contributed by atoms with van der Waals surface area (Å²) >= 11 is 0. The predicted molar refractivity (Wildman–Crippen MR) is 40.6 cm³/mol. The number of ether oxygens (including phenoxy) is 2. The quantitative estimate of drug-likeness (QED) is 0.596. The van der Waals surface area contributed by atoms with Crippen molar-refractivity contribution in [2.24, 2.45) is 0 Å². The van der Waals surface area contributed by atoms with Gasteiger partial charge >= 0.3 is 12.4 Å². The predicted octanol–water partition coefficient (Wildman–Crippen LogP) is 1.17. The van der Waals surface area contributed by atoms with Crippen LogP contribution in [0.15, 0.2) is 0 Å². The van der Waals surface area contributed by atoms with Crippen LogP contribution >= 0.6 is 0 Å². The van der Waals surface area contributed by atoms with E-state index in [4.69, 9.17) is 10.2 Å². The first kappa shape index (κ1) is 16.4. The molecule has 0 rings (SSSR count). The minimum Gasteiger partial charge on any atom is -0.358 e. The molecule has 0 bridgehead atoms. The molecule has 17 heavy (non-hydrogen) atoms. The standard InChI is InChI=1S/C7H10F6O4/c1-16-4(14,6(8,9)10)3-5(15,17-2)7(11,12)13/h14-15H,3H2,1-2H3/t4-,5-/m1/s1. The highest BCUT2D eigenvalue weighted by atomic mass is 19.4. The Labute approximate surface area is 91.7 Å². The molecule has 0 fully saturated rings. The molecule has 104 valence electrons. The molecule has 0 unspecified atom stereocenters. The lowest BCUT2D eigenvalue weighted by atomic mass is 10.0. The molecule has 0 saturated carbocycles. The second kappa shape index (κ2) is 4.59. The zero-order chi connectivity index (χ0) is 14.1. The van der Waals surface area contributed by atoms with Gasteiger partial charge in [-0.1, -0.05) is 0 Å². The molecule has 0 aliphatic heterocycles. The molecule has 0 aliphatic rings. The lowest BCUT2D eigenvalue weighted by molar-refractivity contribution is -0.423. The van der Waals surface area contributed by atoms with Gasteiger partial charge in [-0.25, -0.2) is 0 Å². The number of alkyl halides is 6. The molecule has 2 atom stereocenters. The summed E-state index contributed by atoms with van der Waals surface area (Å²) in [5, 5.41) is 17.8. The van der Waals surface area contributed by atoms with Gasteiger partial charge in [0.05, 0.1) is 6.42 Å². The fraction of sp³-hybridized carbons (Fsp3) is 1.00. The summed E-state index contributed by atoms with van der Waals surface area (Å²) < 4.78 is 80.7. The number of methoxy groups -OCH3 is 2. The maximum absolute atomic E-state index is 12.3. The lowest BCUT2D eigenvalue weighted by Crippen LogP contribution is -2.58. The van der Waals surface area contributed by atoms with Crippen molar-refractivity contribution in [3.05, 3.63) is 0 Å². The van der Waals surface area contributed by atoms with Crippen LogP contribution in [0.3, 0.4) is 0 Å². The zero-order valence-corrected chi connectivity index (χ0v) is 8.69. The molecule has 2 N–H and O–H groups in total. The van der Waals surface area contributed by atoms with E-state index in [9.17, 15) is 26.3 Å². The Balaban J connectivity index is 5.27. The SMILES string of the molecule is CO[C@](O)(C[C@@](O)(OC)C(F)(F)F)C(F)(F)F. The van der Waals surface area contributed by atoms with Crippen LogP contribution in [-0.2, 0) is 9.47 Å². The molecule has 0 amide bonds. The van der Waals surface area contributed by atoms with Crippen LogP contribution in [0.4, 0.5) is 26.3 Å². The summed E-state index contributed by atoms with van der Waals surface area (Å²) in [6.45, 7) is 0. The van der Waals surface area contributed by atoms with Crippen LogP contribution in [0.5, 0.6) is 0 Å². The Bertz CT molecular complexity index is 238. The topological polar surface area (TPSA) is 58.9 Å². The van der Waals surface area contributed by atoms with Crippen LogP contribution in [0.25, 0.3) is 0 Å². The van der Waals surface area contributed by atoms with Crippen LogP contribution < -0.4 is 0 Å². The number of hydrogen-bond acceptors (Lipinski definition) is 4. The molecular weight excluding hydrogens is 262 g/mol. The second-order valence-corrected chi connectivity index (χ2v) is 3.15. The van der Waals surface area contributed by atoms with E-state index in [1.165, 1.54) is 0 Å². The molecule has 0 aromatic rings. The van der Waals surface area contributed by atoms with E-state index >= 15 is 0 Å². The van der Waals surface area contributed by atoms with Crippen LogP contribution in [0, 0.1) is 0 Å². The molecule has 0 spiro atoms. The summed E-state index contributed by atoms with van der Waals surface area (Å²) in [6.07, 6.45) is -13.3. The fourth-order valence-corrected chi connectivity index (χ4v) is 0.901. The van der Waals surface area contributed by atoms with Crippen molar-refractivity contribution in [1.82, 2.24) is 0 Å². The summed E-state index contributed by atoms with van der Waals surface area (Å²) in [7, 11) is 0.694. The first-order valence-corrected chi connectivity index (χ1v) is 4.01. The smallest absolute Gasteiger partial charge is 0.358 e. The van der Waals surface area contributed by atoms with E-state index in [1.807, 2.05) is 0 Å². The Morgan fingerprint density at radius 1 is 0.765 bits per heavy atom. The van der Waals surface area contributed by atoms with Gasteiger partial charge in [0, 0.05) is 14.2 Å². The van der Waals surface area contributed by atoms with Crippen molar-refractivity contribution < 1.29 is 46.0 Å². The van der Waals surface area contributed by atoms with Crippen LogP contribution in [0.1, 0.15) is 6.42 Å². The number of rotatable bonds is 4. The summed E-state index contributed by atoms with van der Waals surface area (Å²) in [4.78, 5) is 0. The molecule has 4 nitrogen and oxygen atoms in total. The van der Waals surface area contributed by atoms with Crippen molar-refractivity contribution in [1.29, 1.82) is 0 Å². The second-order valence-electron chi connectivity index (χ2n) is 3.15. The third-order valence-electron chi connectivity index (χ3n) is 2.04. The molecule has 10 heteroatoms. The van der Waals surface area contributed by atoms with Crippen molar-refractivity contribution in [2.45, 2.75) is 30.3 Å². The highest BCUT2D eigenvalue weighted by molar-refractivity contribution is 4.88. The van der Waals surface area contributed by atoms with Crippen LogP contribution in [0.2, 0.25) is 0 Å². The largest absolute Gasteiger partial charge is 0.443 e. The maximum Gasteiger partial charge on any atom is 0.443 e. The number of aliphatic hydroxyl groups is 2. The average molecular weight is 272 g/mol. The van der Waals surface area contributed by atoms with Crippen molar-refractivity contribution in [3.8, 4) is 0 Å². The first-order valence-electron chi connectivity index (χ1n) is 4.01. The summed E-state index contributed by atoms with van der Waals surface area (Å²) in [5.41, 5.74) is 0. The highest BCUT2D eigenvalue weighted by Crippen LogP contribution is 2.43. The first-order chi connectivity index (χ1) is 7.33. The van der Waals surface area contributed by atoms with E-state index < -0.39 is 30.3 Å². The fourth-order valence-electron chi connectivity index (χ4n) is 0.901. The highest BCUT2D eigenvalue weighted by Gasteiger charge is 2.65. The Hall–Kier alpha value is -0.580. The zero-order valence-electron chi connectivity index (χ0n) is 8.69. The maximum atomic E-state index is 12.3. The Morgan fingerprint density at radius 3 is 1.12 bits per heavy atom. The number of hydrogen-bond donors (Lipinski definition) is 2. The minimum atomic E-state index is -5.53. The summed E-state index contributed by atoms with van der Waals surface area (Å²) in [6, 6.07) is 0.